The van der Waals surface area contributed by atoms with Crippen molar-refractivity contribution in [2.75, 3.05) is 26.2 Å². The number of nitrogens with two attached hydrogens (primary N) is 2. The molecule has 4 rings (SSSR count). The van der Waals surface area contributed by atoms with Crippen LogP contribution in [0, 0.1) is 0 Å². The first kappa shape index (κ1) is 24.2. The summed E-state index contributed by atoms with van der Waals surface area (Å²) >= 11 is 0. The first-order chi connectivity index (χ1) is 15.4. The van der Waals surface area contributed by atoms with Crippen LogP contribution in [0.15, 0.2) is 0 Å². The lowest BCUT2D eigenvalue weighted by atomic mass is 9.85. The zero-order valence-electron chi connectivity index (χ0n) is 18.5. The van der Waals surface area contributed by atoms with Crippen molar-refractivity contribution >= 4 is 5.91 Å². The molecular formula is C21H38N4O7. The van der Waals surface area contributed by atoms with Crippen molar-refractivity contribution in [3.8, 4) is 0 Å². The van der Waals surface area contributed by atoms with Crippen molar-refractivity contribution in [1.82, 2.24) is 10.6 Å². The van der Waals surface area contributed by atoms with Gasteiger partial charge in [0, 0.05) is 38.1 Å². The van der Waals surface area contributed by atoms with Gasteiger partial charge in [-0.2, -0.15) is 0 Å². The lowest BCUT2D eigenvalue weighted by Crippen LogP contribution is -2.69. The Morgan fingerprint density at radius 2 is 1.84 bits per heavy atom. The highest BCUT2D eigenvalue weighted by Gasteiger charge is 2.46. The molecule has 0 radical (unpaired) electrons. The van der Waals surface area contributed by atoms with Gasteiger partial charge in [0.25, 0.3) is 5.91 Å². The summed E-state index contributed by atoms with van der Waals surface area (Å²) in [7, 11) is 0. The molecule has 3 saturated heterocycles. The summed E-state index contributed by atoms with van der Waals surface area (Å²) in [5, 5.41) is 25.5. The minimum atomic E-state index is -1.37. The average molecular weight is 459 g/mol. The van der Waals surface area contributed by atoms with E-state index in [1.165, 1.54) is 0 Å². The minimum absolute atomic E-state index is 0.0275. The van der Waals surface area contributed by atoms with Crippen molar-refractivity contribution in [3.63, 3.8) is 0 Å². The topological polar surface area (TPSA) is 171 Å². The molecule has 3 heterocycles. The second-order valence-corrected chi connectivity index (χ2v) is 9.52. The van der Waals surface area contributed by atoms with Crippen LogP contribution >= 0.6 is 0 Å². The summed E-state index contributed by atoms with van der Waals surface area (Å²) in [6.45, 7) is 0.874. The summed E-state index contributed by atoms with van der Waals surface area (Å²) in [5.74, 6) is -0.398. The van der Waals surface area contributed by atoms with Gasteiger partial charge in [-0.1, -0.05) is 0 Å². The van der Waals surface area contributed by atoms with Gasteiger partial charge in [-0.3, -0.25) is 4.79 Å². The summed E-state index contributed by atoms with van der Waals surface area (Å²) in [6.07, 6.45) is 3.01. The summed E-state index contributed by atoms with van der Waals surface area (Å²) < 4.78 is 24.3. The number of amides is 1. The van der Waals surface area contributed by atoms with Gasteiger partial charge in [-0.25, -0.2) is 0 Å². The molecule has 0 bridgehead atoms. The van der Waals surface area contributed by atoms with Crippen molar-refractivity contribution in [3.05, 3.63) is 0 Å². The Morgan fingerprint density at radius 3 is 2.50 bits per heavy atom. The molecule has 11 nitrogen and oxygen atoms in total. The van der Waals surface area contributed by atoms with Gasteiger partial charge in [0.05, 0.1) is 24.9 Å². The maximum absolute atomic E-state index is 12.5. The Bertz CT molecular complexity index is 637. The maximum Gasteiger partial charge on any atom is 0.254 e. The molecule has 1 aliphatic carbocycles. The molecule has 0 aromatic rings. The van der Waals surface area contributed by atoms with Gasteiger partial charge in [0.1, 0.15) is 6.10 Å². The van der Waals surface area contributed by atoms with E-state index in [4.69, 9.17) is 30.4 Å². The van der Waals surface area contributed by atoms with E-state index in [1.807, 2.05) is 0 Å². The van der Waals surface area contributed by atoms with Crippen molar-refractivity contribution in [1.29, 1.82) is 0 Å². The summed E-state index contributed by atoms with van der Waals surface area (Å²) in [5.41, 5.74) is 10.9. The number of ether oxygens (including phenoxy) is 4. The highest BCUT2D eigenvalue weighted by atomic mass is 16.7. The normalized spacial score (nSPS) is 41.8. The molecule has 1 saturated carbocycles. The van der Waals surface area contributed by atoms with Gasteiger partial charge in [-0.15, -0.1) is 0 Å². The number of aliphatic hydroxyl groups is 2. The van der Waals surface area contributed by atoms with E-state index in [-0.39, 0.29) is 37.9 Å². The van der Waals surface area contributed by atoms with E-state index in [1.54, 1.807) is 0 Å². The third-order valence-corrected chi connectivity index (χ3v) is 6.94. The summed E-state index contributed by atoms with van der Waals surface area (Å²) in [4.78, 5) is 12.5. The number of carbonyl (C=O) groups is 1. The quantitative estimate of drug-likeness (QED) is 0.240. The van der Waals surface area contributed by atoms with E-state index in [0.717, 1.165) is 25.7 Å². The molecule has 8 N–H and O–H groups in total. The molecule has 0 aromatic carbocycles. The maximum atomic E-state index is 12.5. The Kier molecular flexibility index (Phi) is 8.01. The zero-order chi connectivity index (χ0) is 22.7. The smallest absolute Gasteiger partial charge is 0.254 e. The highest BCUT2D eigenvalue weighted by Crippen LogP contribution is 2.32. The van der Waals surface area contributed by atoms with E-state index < -0.39 is 42.3 Å². The second kappa shape index (κ2) is 10.6. The fourth-order valence-electron chi connectivity index (χ4n) is 4.94. The Balaban J connectivity index is 1.41. The van der Waals surface area contributed by atoms with Crippen molar-refractivity contribution in [2.24, 2.45) is 11.5 Å². The van der Waals surface area contributed by atoms with Gasteiger partial charge in [-0.05, 0) is 38.5 Å². The number of β-amino-alcohol motifs (C(OH)–C–C–N with tert-alkyl or cyclic N) is 1. The molecular weight excluding hydrogens is 420 g/mol. The van der Waals surface area contributed by atoms with Gasteiger partial charge in [0.15, 0.2) is 18.2 Å². The van der Waals surface area contributed by atoms with Crippen LogP contribution in [-0.2, 0) is 23.7 Å². The lowest BCUT2D eigenvalue weighted by Gasteiger charge is -2.44. The second-order valence-electron chi connectivity index (χ2n) is 9.52. The highest BCUT2D eigenvalue weighted by molar-refractivity contribution is 5.86. The third-order valence-electron chi connectivity index (χ3n) is 6.94. The fourth-order valence-corrected chi connectivity index (χ4v) is 4.94. The molecule has 1 amide bonds. The van der Waals surface area contributed by atoms with E-state index >= 15 is 0 Å². The van der Waals surface area contributed by atoms with Crippen molar-refractivity contribution in [2.45, 2.75) is 99.6 Å². The number of aliphatic hydroxyl groups excluding tert-OH is 1. The number of hydrogen-bond donors (Lipinski definition) is 6. The fraction of sp³-hybridized carbons (Fsp3) is 0.952. The Labute approximate surface area is 188 Å². The standard InChI is InChI=1S/C21H38N4O7/c22-8-13-2-1-3-17(29-13)32-19-15(23)6-12(25-20(27)21(28)10-24-11-21)7-16(19)31-18-5-4-14(9-26)30-18/h12-19,24,26,28H,1-11,22-23H2,(H,25,27)/t12?,13?,14?,15?,16?,17-,18?,19-/m1/s1. The number of nitrogens with one attached hydrogen (secondary N) is 2. The number of carbonyl (C=O) groups excluding carboxylic acids is 1. The molecule has 4 fully saturated rings. The van der Waals surface area contributed by atoms with Gasteiger partial charge in [0.2, 0.25) is 0 Å². The van der Waals surface area contributed by atoms with Crippen LogP contribution in [0.2, 0.25) is 0 Å². The lowest BCUT2D eigenvalue weighted by molar-refractivity contribution is -0.262. The van der Waals surface area contributed by atoms with E-state index in [0.29, 0.717) is 25.8 Å². The van der Waals surface area contributed by atoms with Crippen LogP contribution in [0.3, 0.4) is 0 Å². The molecule has 184 valence electrons. The van der Waals surface area contributed by atoms with Crippen LogP contribution in [0.4, 0.5) is 0 Å². The molecule has 0 aromatic heterocycles. The molecule has 8 atom stereocenters. The molecule has 6 unspecified atom stereocenters. The minimum Gasteiger partial charge on any atom is -0.394 e. The van der Waals surface area contributed by atoms with E-state index in [2.05, 4.69) is 10.6 Å². The SMILES string of the molecule is NCC1CCC[C@@H](O[C@@H]2C(N)CC(NC(=O)C3(O)CNC3)CC2OC2CCC(CO)O2)O1. The first-order valence-corrected chi connectivity index (χ1v) is 11.8. The van der Waals surface area contributed by atoms with Crippen LogP contribution in [0.25, 0.3) is 0 Å². The Hall–Kier alpha value is -0.890. The van der Waals surface area contributed by atoms with Gasteiger partial charge < -0.3 is 51.3 Å². The zero-order valence-corrected chi connectivity index (χ0v) is 18.5. The third kappa shape index (κ3) is 5.60. The van der Waals surface area contributed by atoms with E-state index in [9.17, 15) is 15.0 Å². The first-order valence-electron chi connectivity index (χ1n) is 11.8. The molecule has 11 heteroatoms. The Morgan fingerprint density at radius 1 is 1.09 bits per heavy atom. The monoisotopic (exact) mass is 458 g/mol. The van der Waals surface area contributed by atoms with Gasteiger partial charge >= 0.3 is 0 Å². The number of rotatable bonds is 8. The molecule has 0 spiro atoms. The predicted molar refractivity (Wildman–Crippen MR) is 113 cm³/mol. The average Bonchev–Trinajstić information content (AvgIpc) is 3.22. The van der Waals surface area contributed by atoms with Crippen molar-refractivity contribution < 1.29 is 34.0 Å². The molecule has 4 aliphatic rings. The number of hydrogen-bond acceptors (Lipinski definition) is 10. The van der Waals surface area contributed by atoms with Crippen LogP contribution in [0.1, 0.15) is 44.9 Å². The van der Waals surface area contributed by atoms with Crippen LogP contribution in [0.5, 0.6) is 0 Å². The molecule has 3 aliphatic heterocycles. The van der Waals surface area contributed by atoms with Crippen LogP contribution in [-0.4, -0.2) is 97.0 Å². The largest absolute Gasteiger partial charge is 0.394 e. The van der Waals surface area contributed by atoms with Crippen LogP contribution < -0.4 is 22.1 Å². The molecule has 32 heavy (non-hydrogen) atoms. The summed E-state index contributed by atoms with van der Waals surface area (Å²) in [6, 6.07) is -0.656. The predicted octanol–water partition coefficient (Wildman–Crippen LogP) is -1.95.